The average Bonchev–Trinajstić information content (AvgIpc) is 2.72. The Morgan fingerprint density at radius 1 is 1.50 bits per heavy atom. The Morgan fingerprint density at radius 3 is 3.06 bits per heavy atom. The highest BCUT2D eigenvalue weighted by Crippen LogP contribution is 2.25. The number of likely N-dealkylation sites (tertiary alicyclic amines) is 1. The second-order valence-corrected chi connectivity index (χ2v) is 4.96. The van der Waals surface area contributed by atoms with Crippen molar-refractivity contribution in [2.24, 2.45) is 0 Å². The number of hydrogen-bond donors (Lipinski definition) is 1. The summed E-state index contributed by atoms with van der Waals surface area (Å²) in [4.78, 5) is 2.21. The van der Waals surface area contributed by atoms with Gasteiger partial charge in [0.2, 0.25) is 0 Å². The number of hydrogen-bond acceptors (Lipinski definition) is 2. The van der Waals surface area contributed by atoms with Crippen LogP contribution in [-0.2, 0) is 6.54 Å². The summed E-state index contributed by atoms with van der Waals surface area (Å²) in [7, 11) is 0. The van der Waals surface area contributed by atoms with Gasteiger partial charge in [-0.1, -0.05) is 12.1 Å². The minimum absolute atomic E-state index is 0.187. The largest absolute Gasteiger partial charge is 0.395 e. The summed E-state index contributed by atoms with van der Waals surface area (Å²) in [6.07, 6.45) is 2.14. The van der Waals surface area contributed by atoms with Crippen molar-refractivity contribution in [1.29, 1.82) is 0 Å². The summed E-state index contributed by atoms with van der Waals surface area (Å²) < 4.78 is 13.9. The van der Waals surface area contributed by atoms with Crippen LogP contribution in [0.5, 0.6) is 0 Å². The topological polar surface area (TPSA) is 23.5 Å². The van der Waals surface area contributed by atoms with Gasteiger partial charge in [0, 0.05) is 12.6 Å². The van der Waals surface area contributed by atoms with Crippen LogP contribution < -0.4 is 0 Å². The zero-order valence-electron chi connectivity index (χ0n) is 9.00. The molecule has 0 spiro atoms. The van der Waals surface area contributed by atoms with Gasteiger partial charge in [-0.15, -0.1) is 0 Å². The van der Waals surface area contributed by atoms with E-state index in [0.29, 0.717) is 11.0 Å². The predicted molar refractivity (Wildman–Crippen MR) is 64.6 cm³/mol. The lowest BCUT2D eigenvalue weighted by molar-refractivity contribution is 0.153. The first-order valence-corrected chi connectivity index (χ1v) is 6.29. The number of benzene rings is 1. The van der Waals surface area contributed by atoms with Gasteiger partial charge in [-0.3, -0.25) is 4.90 Å². The fourth-order valence-electron chi connectivity index (χ4n) is 2.20. The zero-order chi connectivity index (χ0) is 11.5. The third-order valence-corrected chi connectivity index (χ3v) is 4.00. The Kier molecular flexibility index (Phi) is 3.95. The summed E-state index contributed by atoms with van der Waals surface area (Å²) in [5, 5.41) is 9.21. The molecule has 1 aliphatic heterocycles. The van der Waals surface area contributed by atoms with Crippen molar-refractivity contribution >= 4 is 15.9 Å². The van der Waals surface area contributed by atoms with E-state index in [4.69, 9.17) is 0 Å². The smallest absolute Gasteiger partial charge is 0.137 e. The SMILES string of the molecule is OC[C@H]1CCCN1Cc1cccc(F)c1Br. The second kappa shape index (κ2) is 5.25. The summed E-state index contributed by atoms with van der Waals surface area (Å²) in [5.74, 6) is -0.225. The monoisotopic (exact) mass is 287 g/mol. The lowest BCUT2D eigenvalue weighted by Gasteiger charge is -2.23. The molecule has 0 saturated carbocycles. The van der Waals surface area contributed by atoms with Gasteiger partial charge in [0.1, 0.15) is 5.82 Å². The van der Waals surface area contributed by atoms with Crippen LogP contribution in [0.3, 0.4) is 0 Å². The lowest BCUT2D eigenvalue weighted by Crippen LogP contribution is -2.31. The normalized spacial score (nSPS) is 21.6. The van der Waals surface area contributed by atoms with Gasteiger partial charge in [-0.25, -0.2) is 4.39 Å². The van der Waals surface area contributed by atoms with Gasteiger partial charge in [0.25, 0.3) is 0 Å². The van der Waals surface area contributed by atoms with Crippen molar-refractivity contribution in [3.63, 3.8) is 0 Å². The third kappa shape index (κ3) is 2.44. The first-order valence-electron chi connectivity index (χ1n) is 5.50. The molecule has 0 unspecified atom stereocenters. The van der Waals surface area contributed by atoms with E-state index in [-0.39, 0.29) is 18.5 Å². The maximum absolute atomic E-state index is 13.3. The lowest BCUT2D eigenvalue weighted by atomic mass is 10.2. The zero-order valence-corrected chi connectivity index (χ0v) is 10.6. The number of nitrogens with zero attached hydrogens (tertiary/aromatic N) is 1. The molecule has 1 aliphatic rings. The van der Waals surface area contributed by atoms with E-state index in [9.17, 15) is 9.50 Å². The van der Waals surface area contributed by atoms with Gasteiger partial charge < -0.3 is 5.11 Å². The van der Waals surface area contributed by atoms with Crippen molar-refractivity contribution in [3.05, 3.63) is 34.1 Å². The van der Waals surface area contributed by atoms with E-state index < -0.39 is 0 Å². The molecule has 0 amide bonds. The van der Waals surface area contributed by atoms with Crippen LogP contribution in [0.25, 0.3) is 0 Å². The Labute approximate surface area is 103 Å². The molecular weight excluding hydrogens is 273 g/mol. The highest BCUT2D eigenvalue weighted by molar-refractivity contribution is 9.10. The molecule has 0 bridgehead atoms. The maximum Gasteiger partial charge on any atom is 0.137 e. The first-order chi connectivity index (χ1) is 7.72. The Morgan fingerprint density at radius 2 is 2.31 bits per heavy atom. The fourth-order valence-corrected chi connectivity index (χ4v) is 2.59. The number of halogens is 2. The van der Waals surface area contributed by atoms with Gasteiger partial charge in [-0.2, -0.15) is 0 Å². The van der Waals surface area contributed by atoms with Crippen LogP contribution in [-0.4, -0.2) is 29.2 Å². The molecule has 1 N–H and O–H groups in total. The number of aliphatic hydroxyl groups is 1. The van der Waals surface area contributed by atoms with E-state index >= 15 is 0 Å². The number of rotatable bonds is 3. The molecule has 1 aromatic carbocycles. The second-order valence-electron chi connectivity index (χ2n) is 4.16. The Balaban J connectivity index is 2.11. The fraction of sp³-hybridized carbons (Fsp3) is 0.500. The van der Waals surface area contributed by atoms with Crippen LogP contribution in [0.4, 0.5) is 4.39 Å². The molecule has 1 atom stereocenters. The van der Waals surface area contributed by atoms with Crippen LogP contribution in [0.15, 0.2) is 22.7 Å². The summed E-state index contributed by atoms with van der Waals surface area (Å²) in [6, 6.07) is 5.32. The standard InChI is InChI=1S/C12H15BrFNO/c13-12-9(3-1-5-11(12)14)7-15-6-2-4-10(15)8-16/h1,3,5,10,16H,2,4,6-8H2/t10-/m1/s1. The molecule has 1 heterocycles. The highest BCUT2D eigenvalue weighted by Gasteiger charge is 2.24. The van der Waals surface area contributed by atoms with Crippen LogP contribution in [0, 0.1) is 5.82 Å². The molecule has 4 heteroatoms. The summed E-state index contributed by atoms with van der Waals surface area (Å²) in [6.45, 7) is 1.87. The molecular formula is C12H15BrFNO. The van der Waals surface area contributed by atoms with Crippen molar-refractivity contribution in [1.82, 2.24) is 4.90 Å². The van der Waals surface area contributed by atoms with E-state index in [1.165, 1.54) is 6.07 Å². The highest BCUT2D eigenvalue weighted by atomic mass is 79.9. The minimum atomic E-state index is -0.225. The van der Waals surface area contributed by atoms with Crippen molar-refractivity contribution in [2.45, 2.75) is 25.4 Å². The van der Waals surface area contributed by atoms with E-state index in [2.05, 4.69) is 20.8 Å². The molecule has 2 nitrogen and oxygen atoms in total. The quantitative estimate of drug-likeness (QED) is 0.924. The number of aliphatic hydroxyl groups excluding tert-OH is 1. The van der Waals surface area contributed by atoms with Gasteiger partial charge >= 0.3 is 0 Å². The molecule has 88 valence electrons. The molecule has 1 aromatic rings. The average molecular weight is 288 g/mol. The minimum Gasteiger partial charge on any atom is -0.395 e. The predicted octanol–water partition coefficient (Wildman–Crippen LogP) is 2.54. The molecule has 0 aliphatic carbocycles. The van der Waals surface area contributed by atoms with Gasteiger partial charge in [0.05, 0.1) is 11.1 Å². The first kappa shape index (κ1) is 12.0. The molecule has 1 saturated heterocycles. The molecule has 0 radical (unpaired) electrons. The molecule has 2 rings (SSSR count). The van der Waals surface area contributed by atoms with Crippen LogP contribution in [0.2, 0.25) is 0 Å². The van der Waals surface area contributed by atoms with Crippen molar-refractivity contribution < 1.29 is 9.50 Å². The van der Waals surface area contributed by atoms with Gasteiger partial charge in [0.15, 0.2) is 0 Å². The van der Waals surface area contributed by atoms with E-state index in [0.717, 1.165) is 24.9 Å². The van der Waals surface area contributed by atoms with Crippen LogP contribution in [0.1, 0.15) is 18.4 Å². The van der Waals surface area contributed by atoms with E-state index in [1.54, 1.807) is 6.07 Å². The molecule has 16 heavy (non-hydrogen) atoms. The molecule has 0 aromatic heterocycles. The Bertz CT molecular complexity index is 372. The Hall–Kier alpha value is -0.450. The summed E-state index contributed by atoms with van der Waals surface area (Å²) in [5.41, 5.74) is 0.945. The third-order valence-electron chi connectivity index (χ3n) is 3.11. The van der Waals surface area contributed by atoms with Crippen molar-refractivity contribution in [3.8, 4) is 0 Å². The van der Waals surface area contributed by atoms with E-state index in [1.807, 2.05) is 6.07 Å². The summed E-state index contributed by atoms with van der Waals surface area (Å²) >= 11 is 3.27. The molecule has 1 fully saturated rings. The maximum atomic E-state index is 13.3. The van der Waals surface area contributed by atoms with Gasteiger partial charge in [-0.05, 0) is 46.9 Å². The van der Waals surface area contributed by atoms with Crippen LogP contribution >= 0.6 is 15.9 Å². The van der Waals surface area contributed by atoms with Crippen molar-refractivity contribution in [2.75, 3.05) is 13.2 Å².